The molecule has 0 aliphatic carbocycles. The molecule has 2 aromatic carbocycles. The first-order valence-electron chi connectivity index (χ1n) is 6.44. The van der Waals surface area contributed by atoms with Crippen LogP contribution in [0.25, 0.3) is 0 Å². The Kier molecular flexibility index (Phi) is 4.83. The number of halogens is 1. The first kappa shape index (κ1) is 13.9. The molecule has 3 heteroatoms. The van der Waals surface area contributed by atoms with Gasteiger partial charge in [-0.3, -0.25) is 0 Å². The number of hydrogen-bond acceptors (Lipinski definition) is 2. The third kappa shape index (κ3) is 3.49. The van der Waals surface area contributed by atoms with Crippen LogP contribution in [0.2, 0.25) is 5.02 Å². The molecule has 2 rings (SSSR count). The van der Waals surface area contributed by atoms with Crippen LogP contribution in [0.15, 0.2) is 48.5 Å². The molecule has 2 nitrogen and oxygen atoms in total. The SMILES string of the molecule is CCc1cccc(OC(CN)c2ccccc2Cl)c1. The fraction of sp³-hybridized carbons (Fsp3) is 0.250. The summed E-state index contributed by atoms with van der Waals surface area (Å²) in [5.74, 6) is 0.828. The van der Waals surface area contributed by atoms with Crippen LogP contribution in [0.4, 0.5) is 0 Å². The highest BCUT2D eigenvalue weighted by Crippen LogP contribution is 2.27. The summed E-state index contributed by atoms with van der Waals surface area (Å²) in [6.07, 6.45) is 0.761. The van der Waals surface area contributed by atoms with Crippen LogP contribution in [0, 0.1) is 0 Å². The molecular formula is C16H18ClNO. The van der Waals surface area contributed by atoms with Crippen molar-refractivity contribution in [3.63, 3.8) is 0 Å². The van der Waals surface area contributed by atoms with Gasteiger partial charge in [0.2, 0.25) is 0 Å². The maximum atomic E-state index is 6.19. The van der Waals surface area contributed by atoms with Crippen LogP contribution in [0.5, 0.6) is 5.75 Å². The van der Waals surface area contributed by atoms with E-state index in [9.17, 15) is 0 Å². The molecule has 2 N–H and O–H groups in total. The van der Waals surface area contributed by atoms with Crippen LogP contribution in [0.1, 0.15) is 24.2 Å². The zero-order chi connectivity index (χ0) is 13.7. The van der Waals surface area contributed by atoms with Crippen molar-refractivity contribution >= 4 is 11.6 Å². The Labute approximate surface area is 119 Å². The van der Waals surface area contributed by atoms with Gasteiger partial charge in [-0.05, 0) is 30.2 Å². The van der Waals surface area contributed by atoms with E-state index in [0.717, 1.165) is 17.7 Å². The van der Waals surface area contributed by atoms with Crippen molar-refractivity contribution in [1.82, 2.24) is 0 Å². The van der Waals surface area contributed by atoms with Crippen molar-refractivity contribution in [2.24, 2.45) is 5.73 Å². The highest BCUT2D eigenvalue weighted by atomic mass is 35.5. The van der Waals surface area contributed by atoms with Crippen LogP contribution in [0.3, 0.4) is 0 Å². The summed E-state index contributed by atoms with van der Waals surface area (Å²) in [4.78, 5) is 0. The largest absolute Gasteiger partial charge is 0.484 e. The molecule has 0 saturated carbocycles. The van der Waals surface area contributed by atoms with Gasteiger partial charge in [0.1, 0.15) is 11.9 Å². The van der Waals surface area contributed by atoms with Gasteiger partial charge >= 0.3 is 0 Å². The molecule has 19 heavy (non-hydrogen) atoms. The van der Waals surface area contributed by atoms with Crippen molar-refractivity contribution in [3.8, 4) is 5.75 Å². The zero-order valence-electron chi connectivity index (χ0n) is 11.0. The zero-order valence-corrected chi connectivity index (χ0v) is 11.7. The second-order valence-electron chi connectivity index (χ2n) is 4.36. The van der Waals surface area contributed by atoms with Crippen LogP contribution in [-0.4, -0.2) is 6.54 Å². The highest BCUT2D eigenvalue weighted by Gasteiger charge is 2.14. The summed E-state index contributed by atoms with van der Waals surface area (Å²) in [5, 5.41) is 0.685. The molecule has 0 fully saturated rings. The van der Waals surface area contributed by atoms with E-state index in [2.05, 4.69) is 13.0 Å². The van der Waals surface area contributed by atoms with Crippen molar-refractivity contribution in [1.29, 1.82) is 0 Å². The number of rotatable bonds is 5. The first-order valence-corrected chi connectivity index (χ1v) is 6.82. The molecule has 1 atom stereocenters. The number of nitrogens with two attached hydrogens (primary N) is 1. The van der Waals surface area contributed by atoms with E-state index < -0.39 is 0 Å². The lowest BCUT2D eigenvalue weighted by Crippen LogP contribution is -2.18. The predicted octanol–water partition coefficient (Wildman–Crippen LogP) is 3.98. The molecule has 1 unspecified atom stereocenters. The van der Waals surface area contributed by atoms with Gasteiger partial charge in [0.05, 0.1) is 0 Å². The first-order chi connectivity index (χ1) is 9.24. The van der Waals surface area contributed by atoms with E-state index in [1.165, 1.54) is 5.56 Å². The van der Waals surface area contributed by atoms with Crippen molar-refractivity contribution in [3.05, 3.63) is 64.7 Å². The molecule has 0 saturated heterocycles. The molecular weight excluding hydrogens is 258 g/mol. The summed E-state index contributed by atoms with van der Waals surface area (Å²) in [5.41, 5.74) is 7.98. The summed E-state index contributed by atoms with van der Waals surface area (Å²) in [6, 6.07) is 15.7. The molecule has 0 heterocycles. The molecule has 0 spiro atoms. The Hall–Kier alpha value is -1.51. The lowest BCUT2D eigenvalue weighted by molar-refractivity contribution is 0.214. The summed E-state index contributed by atoms with van der Waals surface area (Å²) in [6.45, 7) is 2.51. The van der Waals surface area contributed by atoms with Crippen molar-refractivity contribution < 1.29 is 4.74 Å². The minimum atomic E-state index is -0.221. The third-order valence-electron chi connectivity index (χ3n) is 3.05. The van der Waals surface area contributed by atoms with Gasteiger partial charge in [0, 0.05) is 17.1 Å². The molecule has 0 aliphatic heterocycles. The standard InChI is InChI=1S/C16H18ClNO/c1-2-12-6-5-7-13(10-12)19-16(11-18)14-8-3-4-9-15(14)17/h3-10,16H,2,11,18H2,1H3. The average molecular weight is 276 g/mol. The number of benzene rings is 2. The minimum absolute atomic E-state index is 0.221. The van der Waals surface area contributed by atoms with Crippen molar-refractivity contribution in [2.75, 3.05) is 6.54 Å². The number of aryl methyl sites for hydroxylation is 1. The van der Waals surface area contributed by atoms with E-state index in [1.807, 2.05) is 42.5 Å². The van der Waals surface area contributed by atoms with E-state index in [0.29, 0.717) is 11.6 Å². The second kappa shape index (κ2) is 6.60. The molecule has 0 radical (unpaired) electrons. The average Bonchev–Trinajstić information content (AvgIpc) is 2.46. The van der Waals surface area contributed by atoms with E-state index in [-0.39, 0.29) is 6.10 Å². The molecule has 0 bridgehead atoms. The number of ether oxygens (including phenoxy) is 1. The Bertz CT molecular complexity index is 542. The van der Waals surface area contributed by atoms with Gasteiger partial charge in [-0.1, -0.05) is 48.9 Å². The fourth-order valence-electron chi connectivity index (χ4n) is 1.98. The molecule has 0 aliphatic rings. The Morgan fingerprint density at radius 3 is 2.63 bits per heavy atom. The molecule has 0 aromatic heterocycles. The lowest BCUT2D eigenvalue weighted by Gasteiger charge is -2.19. The van der Waals surface area contributed by atoms with Gasteiger partial charge in [0.25, 0.3) is 0 Å². The predicted molar refractivity (Wildman–Crippen MR) is 79.7 cm³/mol. The second-order valence-corrected chi connectivity index (χ2v) is 4.77. The molecule has 0 amide bonds. The van der Waals surface area contributed by atoms with Crippen molar-refractivity contribution in [2.45, 2.75) is 19.4 Å². The lowest BCUT2D eigenvalue weighted by atomic mass is 10.1. The summed E-state index contributed by atoms with van der Waals surface area (Å²) >= 11 is 6.19. The normalized spacial score (nSPS) is 12.2. The highest BCUT2D eigenvalue weighted by molar-refractivity contribution is 6.31. The smallest absolute Gasteiger partial charge is 0.137 e. The van der Waals surface area contributed by atoms with Gasteiger partial charge in [-0.25, -0.2) is 0 Å². The number of hydrogen-bond donors (Lipinski definition) is 1. The molecule has 2 aromatic rings. The van der Waals surface area contributed by atoms with Gasteiger partial charge in [-0.15, -0.1) is 0 Å². The van der Waals surface area contributed by atoms with Gasteiger partial charge in [0.15, 0.2) is 0 Å². The minimum Gasteiger partial charge on any atom is -0.484 e. The molecule has 100 valence electrons. The maximum absolute atomic E-state index is 6.19. The van der Waals surface area contributed by atoms with Gasteiger partial charge < -0.3 is 10.5 Å². The van der Waals surface area contributed by atoms with Crippen LogP contribution >= 0.6 is 11.6 Å². The van der Waals surface area contributed by atoms with Crippen LogP contribution < -0.4 is 10.5 Å². The van der Waals surface area contributed by atoms with E-state index >= 15 is 0 Å². The summed E-state index contributed by atoms with van der Waals surface area (Å²) < 4.78 is 5.96. The Morgan fingerprint density at radius 2 is 1.95 bits per heavy atom. The van der Waals surface area contributed by atoms with E-state index in [4.69, 9.17) is 22.1 Å². The Morgan fingerprint density at radius 1 is 1.16 bits per heavy atom. The monoisotopic (exact) mass is 275 g/mol. The Balaban J connectivity index is 2.21. The topological polar surface area (TPSA) is 35.2 Å². The van der Waals surface area contributed by atoms with E-state index in [1.54, 1.807) is 0 Å². The quantitative estimate of drug-likeness (QED) is 0.896. The maximum Gasteiger partial charge on any atom is 0.137 e. The summed E-state index contributed by atoms with van der Waals surface area (Å²) in [7, 11) is 0. The van der Waals surface area contributed by atoms with Crippen LogP contribution in [-0.2, 0) is 6.42 Å². The van der Waals surface area contributed by atoms with Gasteiger partial charge in [-0.2, -0.15) is 0 Å². The third-order valence-corrected chi connectivity index (χ3v) is 3.40. The fourth-order valence-corrected chi connectivity index (χ4v) is 2.24.